The van der Waals surface area contributed by atoms with Crippen LogP contribution in [-0.4, -0.2) is 30.2 Å². The maximum Gasteiger partial charge on any atom is 0.251 e. The van der Waals surface area contributed by atoms with Gasteiger partial charge in [-0.25, -0.2) is 0 Å². The van der Waals surface area contributed by atoms with Gasteiger partial charge >= 0.3 is 0 Å². The third kappa shape index (κ3) is 3.64. The van der Waals surface area contributed by atoms with Crippen molar-refractivity contribution in [1.82, 2.24) is 5.32 Å². The van der Waals surface area contributed by atoms with Gasteiger partial charge in [-0.1, -0.05) is 12.1 Å². The first kappa shape index (κ1) is 12.7. The Bertz CT molecular complexity index is 353. The zero-order valence-electron chi connectivity index (χ0n) is 9.44. The highest BCUT2D eigenvalue weighted by Crippen LogP contribution is 2.07. The van der Waals surface area contributed by atoms with Crippen molar-refractivity contribution in [2.45, 2.75) is 19.4 Å². The third-order valence-corrected chi connectivity index (χ3v) is 2.27. The van der Waals surface area contributed by atoms with Gasteiger partial charge in [0.05, 0.1) is 6.10 Å². The fourth-order valence-electron chi connectivity index (χ4n) is 1.46. The molecule has 0 saturated heterocycles. The first-order chi connectivity index (χ1) is 7.67. The smallest absolute Gasteiger partial charge is 0.251 e. The Morgan fingerprint density at radius 1 is 1.56 bits per heavy atom. The molecule has 4 heteroatoms. The van der Waals surface area contributed by atoms with Crippen LogP contribution in [0.1, 0.15) is 22.8 Å². The standard InChI is InChI=1S/C12H18N2O2/c1-2-14-12(16)10-5-3-4-9(6-10)7-11(15)8-13/h3-6,11,15H,2,7-8,13H2,1H3,(H,14,16). The van der Waals surface area contributed by atoms with E-state index < -0.39 is 6.10 Å². The summed E-state index contributed by atoms with van der Waals surface area (Å²) in [6.07, 6.45) is -0.0755. The van der Waals surface area contributed by atoms with E-state index in [0.29, 0.717) is 18.5 Å². The predicted molar refractivity (Wildman–Crippen MR) is 63.2 cm³/mol. The Morgan fingerprint density at radius 2 is 2.31 bits per heavy atom. The van der Waals surface area contributed by atoms with Crippen molar-refractivity contribution in [2.24, 2.45) is 5.73 Å². The van der Waals surface area contributed by atoms with Crippen molar-refractivity contribution in [3.63, 3.8) is 0 Å². The van der Waals surface area contributed by atoms with Crippen LogP contribution in [0.25, 0.3) is 0 Å². The lowest BCUT2D eigenvalue weighted by molar-refractivity contribution is 0.0955. The van der Waals surface area contributed by atoms with Crippen LogP contribution in [-0.2, 0) is 6.42 Å². The summed E-state index contributed by atoms with van der Waals surface area (Å²) >= 11 is 0. The molecule has 0 aliphatic rings. The molecule has 88 valence electrons. The molecule has 4 N–H and O–H groups in total. The Balaban J connectivity index is 2.74. The van der Waals surface area contributed by atoms with Crippen molar-refractivity contribution in [3.8, 4) is 0 Å². The number of benzene rings is 1. The number of carbonyl (C=O) groups excluding carboxylic acids is 1. The summed E-state index contributed by atoms with van der Waals surface area (Å²) in [6, 6.07) is 7.22. The monoisotopic (exact) mass is 222 g/mol. The lowest BCUT2D eigenvalue weighted by Gasteiger charge is -2.09. The Morgan fingerprint density at radius 3 is 2.94 bits per heavy atom. The van der Waals surface area contributed by atoms with Gasteiger partial charge in [-0.2, -0.15) is 0 Å². The number of carbonyl (C=O) groups is 1. The summed E-state index contributed by atoms with van der Waals surface area (Å²) in [5, 5.41) is 12.1. The van der Waals surface area contributed by atoms with E-state index in [1.165, 1.54) is 0 Å². The largest absolute Gasteiger partial charge is 0.391 e. The molecule has 0 saturated carbocycles. The van der Waals surface area contributed by atoms with Gasteiger partial charge in [0.15, 0.2) is 0 Å². The van der Waals surface area contributed by atoms with Gasteiger partial charge < -0.3 is 16.2 Å². The number of hydrogen-bond donors (Lipinski definition) is 3. The normalized spacial score (nSPS) is 12.2. The highest BCUT2D eigenvalue weighted by Gasteiger charge is 2.07. The number of nitrogens with one attached hydrogen (secondary N) is 1. The van der Waals surface area contributed by atoms with Crippen molar-refractivity contribution >= 4 is 5.91 Å². The first-order valence-corrected chi connectivity index (χ1v) is 5.42. The van der Waals surface area contributed by atoms with Gasteiger partial charge in [-0.3, -0.25) is 4.79 Å². The number of hydrogen-bond acceptors (Lipinski definition) is 3. The van der Waals surface area contributed by atoms with Crippen LogP contribution in [0.4, 0.5) is 0 Å². The van der Waals surface area contributed by atoms with Crippen LogP contribution in [0.3, 0.4) is 0 Å². The zero-order chi connectivity index (χ0) is 12.0. The molecule has 16 heavy (non-hydrogen) atoms. The van der Waals surface area contributed by atoms with E-state index in [1.807, 2.05) is 19.1 Å². The fourth-order valence-corrected chi connectivity index (χ4v) is 1.46. The lowest BCUT2D eigenvalue weighted by Crippen LogP contribution is -2.24. The van der Waals surface area contributed by atoms with Gasteiger partial charge in [0.25, 0.3) is 5.91 Å². The van der Waals surface area contributed by atoms with Crippen LogP contribution in [0, 0.1) is 0 Å². The number of rotatable bonds is 5. The highest BCUT2D eigenvalue weighted by atomic mass is 16.3. The number of aliphatic hydroxyl groups is 1. The number of aliphatic hydroxyl groups excluding tert-OH is 1. The molecular formula is C12H18N2O2. The van der Waals surface area contributed by atoms with Gasteiger partial charge in [-0.15, -0.1) is 0 Å². The molecule has 0 aliphatic carbocycles. The molecule has 0 radical (unpaired) electrons. The minimum absolute atomic E-state index is 0.0911. The third-order valence-electron chi connectivity index (χ3n) is 2.27. The molecule has 1 aromatic carbocycles. The van der Waals surface area contributed by atoms with Crippen molar-refractivity contribution < 1.29 is 9.90 Å². The van der Waals surface area contributed by atoms with Crippen molar-refractivity contribution in [3.05, 3.63) is 35.4 Å². The number of nitrogens with two attached hydrogens (primary N) is 1. The van der Waals surface area contributed by atoms with E-state index in [1.54, 1.807) is 12.1 Å². The van der Waals surface area contributed by atoms with E-state index in [0.717, 1.165) is 5.56 Å². The van der Waals surface area contributed by atoms with Crippen LogP contribution in [0.15, 0.2) is 24.3 Å². The molecule has 1 unspecified atom stereocenters. The van der Waals surface area contributed by atoms with Gasteiger partial charge in [0, 0.05) is 18.7 Å². The average molecular weight is 222 g/mol. The Kier molecular flexibility index (Phi) is 4.95. The molecule has 0 aliphatic heterocycles. The quantitative estimate of drug-likeness (QED) is 0.670. The minimum Gasteiger partial charge on any atom is -0.391 e. The molecule has 4 nitrogen and oxygen atoms in total. The molecule has 0 heterocycles. The molecule has 1 amide bonds. The topological polar surface area (TPSA) is 75.3 Å². The van der Waals surface area contributed by atoms with E-state index in [-0.39, 0.29) is 12.5 Å². The number of amides is 1. The lowest BCUT2D eigenvalue weighted by atomic mass is 10.0. The second kappa shape index (κ2) is 6.25. The maximum absolute atomic E-state index is 11.6. The summed E-state index contributed by atoms with van der Waals surface area (Å²) < 4.78 is 0. The average Bonchev–Trinajstić information content (AvgIpc) is 2.29. The summed E-state index contributed by atoms with van der Waals surface area (Å²) in [5.41, 5.74) is 6.87. The highest BCUT2D eigenvalue weighted by molar-refractivity contribution is 5.94. The summed E-state index contributed by atoms with van der Waals surface area (Å²) in [6.45, 7) is 2.71. The van der Waals surface area contributed by atoms with Gasteiger partial charge in [-0.05, 0) is 31.0 Å². The fraction of sp³-hybridized carbons (Fsp3) is 0.417. The second-order valence-corrected chi connectivity index (χ2v) is 3.65. The molecule has 0 fully saturated rings. The second-order valence-electron chi connectivity index (χ2n) is 3.65. The molecule has 1 aromatic rings. The Labute approximate surface area is 95.5 Å². The maximum atomic E-state index is 11.6. The van der Waals surface area contributed by atoms with Crippen LogP contribution in [0.5, 0.6) is 0 Å². The molecule has 0 bridgehead atoms. The van der Waals surface area contributed by atoms with E-state index in [2.05, 4.69) is 5.32 Å². The molecular weight excluding hydrogens is 204 g/mol. The predicted octanol–water partition coefficient (Wildman–Crippen LogP) is 0.298. The molecule has 1 rings (SSSR count). The summed E-state index contributed by atoms with van der Waals surface area (Å²) in [5.74, 6) is -0.0911. The van der Waals surface area contributed by atoms with Crippen molar-refractivity contribution in [2.75, 3.05) is 13.1 Å². The molecule has 1 atom stereocenters. The summed E-state index contributed by atoms with van der Waals surface area (Å²) in [7, 11) is 0. The van der Waals surface area contributed by atoms with Crippen LogP contribution >= 0.6 is 0 Å². The first-order valence-electron chi connectivity index (χ1n) is 5.42. The molecule has 0 aromatic heterocycles. The van der Waals surface area contributed by atoms with Crippen molar-refractivity contribution in [1.29, 1.82) is 0 Å². The SMILES string of the molecule is CCNC(=O)c1cccc(CC(O)CN)c1. The molecule has 0 spiro atoms. The van der Waals surface area contributed by atoms with E-state index in [9.17, 15) is 9.90 Å². The summed E-state index contributed by atoms with van der Waals surface area (Å²) in [4.78, 5) is 11.6. The van der Waals surface area contributed by atoms with E-state index in [4.69, 9.17) is 5.73 Å². The minimum atomic E-state index is -0.551. The Hall–Kier alpha value is -1.39. The van der Waals surface area contributed by atoms with E-state index >= 15 is 0 Å². The van der Waals surface area contributed by atoms with Gasteiger partial charge in [0.1, 0.15) is 0 Å². The zero-order valence-corrected chi connectivity index (χ0v) is 9.44. The van der Waals surface area contributed by atoms with Gasteiger partial charge in [0.2, 0.25) is 0 Å². The van der Waals surface area contributed by atoms with Crippen LogP contribution in [0.2, 0.25) is 0 Å². The van der Waals surface area contributed by atoms with Crippen LogP contribution < -0.4 is 11.1 Å².